The van der Waals surface area contributed by atoms with Gasteiger partial charge in [0.25, 0.3) is 0 Å². The molecule has 0 aliphatic heterocycles. The van der Waals surface area contributed by atoms with Gasteiger partial charge in [0.1, 0.15) is 0 Å². The molecule has 0 aromatic heterocycles. The quantitative estimate of drug-likeness (QED) is 0.559. The van der Waals surface area contributed by atoms with Crippen molar-refractivity contribution >= 4 is 11.9 Å². The standard InChI is InChI=1S/C11H21NO4/c1-3-5-8(4-2)12-9(6-10(13)14)7-11(15)16/h8-9,12H,3-7H2,1-2H3,(H,13,14)(H,15,16). The molecule has 0 aromatic rings. The van der Waals surface area contributed by atoms with E-state index in [-0.39, 0.29) is 18.9 Å². The van der Waals surface area contributed by atoms with Crippen LogP contribution in [0, 0.1) is 0 Å². The van der Waals surface area contributed by atoms with Gasteiger partial charge in [-0.2, -0.15) is 0 Å². The average molecular weight is 231 g/mol. The summed E-state index contributed by atoms with van der Waals surface area (Å²) in [7, 11) is 0. The van der Waals surface area contributed by atoms with E-state index in [2.05, 4.69) is 5.32 Å². The molecule has 1 unspecified atom stereocenters. The molecule has 1 atom stereocenters. The minimum atomic E-state index is -0.967. The Morgan fingerprint density at radius 1 is 1.06 bits per heavy atom. The van der Waals surface area contributed by atoms with Crippen molar-refractivity contribution in [3.8, 4) is 0 Å². The third-order valence-electron chi connectivity index (χ3n) is 2.44. The van der Waals surface area contributed by atoms with Crippen LogP contribution < -0.4 is 5.32 Å². The maximum absolute atomic E-state index is 10.6. The molecule has 0 heterocycles. The van der Waals surface area contributed by atoms with E-state index in [1.54, 1.807) is 0 Å². The number of hydrogen-bond donors (Lipinski definition) is 3. The second kappa shape index (κ2) is 8.10. The van der Waals surface area contributed by atoms with E-state index in [1.165, 1.54) is 0 Å². The molecule has 0 aliphatic carbocycles. The molecule has 0 fully saturated rings. The van der Waals surface area contributed by atoms with Gasteiger partial charge in [-0.05, 0) is 12.8 Å². The summed E-state index contributed by atoms with van der Waals surface area (Å²) in [6, 6.07) is -0.278. The van der Waals surface area contributed by atoms with Crippen LogP contribution in [0.15, 0.2) is 0 Å². The van der Waals surface area contributed by atoms with Crippen molar-refractivity contribution in [3.63, 3.8) is 0 Å². The van der Waals surface area contributed by atoms with Crippen LogP contribution in [0.1, 0.15) is 46.0 Å². The number of rotatable bonds is 9. The van der Waals surface area contributed by atoms with E-state index in [0.29, 0.717) is 0 Å². The largest absolute Gasteiger partial charge is 0.481 e. The molecule has 5 heteroatoms. The van der Waals surface area contributed by atoms with Crippen LogP contribution in [0.4, 0.5) is 0 Å². The predicted molar refractivity (Wildman–Crippen MR) is 60.4 cm³/mol. The molecule has 3 N–H and O–H groups in total. The predicted octanol–water partition coefficient (Wildman–Crippen LogP) is 1.47. The Hall–Kier alpha value is -1.10. The Kier molecular flexibility index (Phi) is 7.54. The summed E-state index contributed by atoms with van der Waals surface area (Å²) in [5, 5.41) is 20.5. The van der Waals surface area contributed by atoms with Crippen molar-refractivity contribution < 1.29 is 19.8 Å². The molecule has 0 bridgehead atoms. The van der Waals surface area contributed by atoms with Crippen LogP contribution in [-0.2, 0) is 9.59 Å². The summed E-state index contributed by atoms with van der Waals surface area (Å²) in [6.07, 6.45) is 2.52. The first-order chi connectivity index (χ1) is 7.49. The lowest BCUT2D eigenvalue weighted by Gasteiger charge is -2.22. The monoisotopic (exact) mass is 231 g/mol. The molecule has 0 amide bonds. The smallest absolute Gasteiger partial charge is 0.304 e. The maximum Gasteiger partial charge on any atom is 0.304 e. The number of aliphatic carboxylic acids is 2. The van der Waals surface area contributed by atoms with Crippen LogP contribution in [0.5, 0.6) is 0 Å². The third-order valence-corrected chi connectivity index (χ3v) is 2.44. The minimum Gasteiger partial charge on any atom is -0.481 e. The van der Waals surface area contributed by atoms with Gasteiger partial charge in [-0.3, -0.25) is 9.59 Å². The zero-order chi connectivity index (χ0) is 12.6. The summed E-state index contributed by atoms with van der Waals surface area (Å²) in [6.45, 7) is 4.06. The van der Waals surface area contributed by atoms with Crippen LogP contribution in [0.25, 0.3) is 0 Å². The van der Waals surface area contributed by atoms with Gasteiger partial charge < -0.3 is 15.5 Å². The fourth-order valence-corrected chi connectivity index (χ4v) is 1.70. The molecule has 0 saturated carbocycles. The highest BCUT2D eigenvalue weighted by molar-refractivity contribution is 5.71. The van der Waals surface area contributed by atoms with Crippen molar-refractivity contribution in [2.24, 2.45) is 0 Å². The number of carbonyl (C=O) groups is 2. The van der Waals surface area contributed by atoms with Gasteiger partial charge in [-0.15, -0.1) is 0 Å². The van der Waals surface area contributed by atoms with E-state index in [1.807, 2.05) is 13.8 Å². The molecule has 0 rings (SSSR count). The number of hydrogen-bond acceptors (Lipinski definition) is 3. The third kappa shape index (κ3) is 7.23. The van der Waals surface area contributed by atoms with Gasteiger partial charge in [0, 0.05) is 12.1 Å². The fraction of sp³-hybridized carbons (Fsp3) is 0.818. The highest BCUT2D eigenvalue weighted by atomic mass is 16.4. The average Bonchev–Trinajstić information content (AvgIpc) is 2.14. The molecule has 0 saturated heterocycles. The molecule has 5 nitrogen and oxygen atoms in total. The summed E-state index contributed by atoms with van der Waals surface area (Å²) in [5.74, 6) is -1.93. The Bertz CT molecular complexity index is 214. The summed E-state index contributed by atoms with van der Waals surface area (Å²) < 4.78 is 0. The highest BCUT2D eigenvalue weighted by Crippen LogP contribution is 2.07. The van der Waals surface area contributed by atoms with Crippen LogP contribution in [-0.4, -0.2) is 34.2 Å². The van der Waals surface area contributed by atoms with Crippen LogP contribution in [0.2, 0.25) is 0 Å². The van der Waals surface area contributed by atoms with Crippen molar-refractivity contribution in [1.29, 1.82) is 0 Å². The van der Waals surface area contributed by atoms with Crippen molar-refractivity contribution in [2.75, 3.05) is 0 Å². The Morgan fingerprint density at radius 3 is 1.88 bits per heavy atom. The molecule has 0 aliphatic rings. The van der Waals surface area contributed by atoms with Crippen LogP contribution >= 0.6 is 0 Å². The zero-order valence-electron chi connectivity index (χ0n) is 9.90. The second-order valence-corrected chi connectivity index (χ2v) is 3.95. The lowest BCUT2D eigenvalue weighted by molar-refractivity contribution is -0.139. The van der Waals surface area contributed by atoms with Crippen molar-refractivity contribution in [1.82, 2.24) is 5.32 Å². The van der Waals surface area contributed by atoms with Gasteiger partial charge >= 0.3 is 11.9 Å². The number of carboxylic acids is 2. The fourth-order valence-electron chi connectivity index (χ4n) is 1.70. The second-order valence-electron chi connectivity index (χ2n) is 3.95. The topological polar surface area (TPSA) is 86.6 Å². The first-order valence-corrected chi connectivity index (χ1v) is 5.69. The number of carboxylic acid groups (broad SMARTS) is 2. The molecular formula is C11H21NO4. The minimum absolute atomic E-state index is 0.146. The van der Waals surface area contributed by atoms with E-state index >= 15 is 0 Å². The number of nitrogens with one attached hydrogen (secondary N) is 1. The lowest BCUT2D eigenvalue weighted by atomic mass is 10.0. The first-order valence-electron chi connectivity index (χ1n) is 5.69. The Balaban J connectivity index is 4.26. The van der Waals surface area contributed by atoms with Gasteiger partial charge in [0.05, 0.1) is 12.8 Å². The van der Waals surface area contributed by atoms with Crippen LogP contribution in [0.3, 0.4) is 0 Å². The first kappa shape index (κ1) is 14.9. The summed E-state index contributed by atoms with van der Waals surface area (Å²) in [5.41, 5.74) is 0. The zero-order valence-corrected chi connectivity index (χ0v) is 9.90. The van der Waals surface area contributed by atoms with Crippen molar-refractivity contribution in [2.45, 2.75) is 58.0 Å². The SMILES string of the molecule is CCCC(CC)NC(CC(=O)O)CC(=O)O. The van der Waals surface area contributed by atoms with Gasteiger partial charge in [0.2, 0.25) is 0 Å². The van der Waals surface area contributed by atoms with E-state index in [0.717, 1.165) is 19.3 Å². The lowest BCUT2D eigenvalue weighted by Crippen LogP contribution is -2.40. The van der Waals surface area contributed by atoms with Gasteiger partial charge in [-0.25, -0.2) is 0 Å². The molecule has 94 valence electrons. The molecular weight excluding hydrogens is 210 g/mol. The van der Waals surface area contributed by atoms with E-state index in [9.17, 15) is 9.59 Å². The molecule has 0 aromatic carbocycles. The van der Waals surface area contributed by atoms with Crippen molar-refractivity contribution in [3.05, 3.63) is 0 Å². The summed E-state index contributed by atoms with van der Waals surface area (Å²) >= 11 is 0. The summed E-state index contributed by atoms with van der Waals surface area (Å²) in [4.78, 5) is 21.2. The normalized spacial score (nSPS) is 12.7. The molecule has 16 heavy (non-hydrogen) atoms. The van der Waals surface area contributed by atoms with E-state index < -0.39 is 18.0 Å². The molecule has 0 spiro atoms. The highest BCUT2D eigenvalue weighted by Gasteiger charge is 2.19. The Morgan fingerprint density at radius 2 is 1.56 bits per heavy atom. The van der Waals surface area contributed by atoms with Gasteiger partial charge in [0.15, 0.2) is 0 Å². The Labute approximate surface area is 95.9 Å². The van der Waals surface area contributed by atoms with Gasteiger partial charge in [-0.1, -0.05) is 20.3 Å². The maximum atomic E-state index is 10.6. The molecule has 0 radical (unpaired) electrons. The van der Waals surface area contributed by atoms with E-state index in [4.69, 9.17) is 10.2 Å².